The van der Waals surface area contributed by atoms with Crippen LogP contribution in [0.4, 0.5) is 0 Å². The van der Waals surface area contributed by atoms with Crippen molar-refractivity contribution in [3.8, 4) is 0 Å². The van der Waals surface area contributed by atoms with E-state index in [1.54, 1.807) is 48.5 Å². The predicted molar refractivity (Wildman–Crippen MR) is 135 cm³/mol. The minimum absolute atomic E-state index is 0.0216. The summed E-state index contributed by atoms with van der Waals surface area (Å²) in [5, 5.41) is 0. The highest BCUT2D eigenvalue weighted by Crippen LogP contribution is 2.37. The van der Waals surface area contributed by atoms with E-state index in [0.29, 0.717) is 12.2 Å². The molecule has 0 saturated carbocycles. The minimum Gasteiger partial charge on any atom is -0.468 e. The van der Waals surface area contributed by atoms with Crippen molar-refractivity contribution in [3.63, 3.8) is 0 Å². The lowest BCUT2D eigenvalue weighted by Gasteiger charge is -2.33. The van der Waals surface area contributed by atoms with Crippen LogP contribution in [0.25, 0.3) is 0 Å². The number of sulfonamides is 1. The van der Waals surface area contributed by atoms with Crippen LogP contribution < -0.4 is 0 Å². The summed E-state index contributed by atoms with van der Waals surface area (Å²) >= 11 is 0. The van der Waals surface area contributed by atoms with E-state index in [0.717, 1.165) is 11.1 Å². The first-order chi connectivity index (χ1) is 16.3. The fraction of sp³-hybridized carbons (Fsp3) is 0.385. The maximum Gasteiger partial charge on any atom is 0.297 e. The lowest BCUT2D eigenvalue weighted by atomic mass is 9.87. The second-order valence-electron chi connectivity index (χ2n) is 9.81. The van der Waals surface area contributed by atoms with Crippen LogP contribution >= 0.6 is 0 Å². The van der Waals surface area contributed by atoms with Gasteiger partial charge in [-0.25, -0.2) is 8.42 Å². The molecule has 3 aromatic rings. The molecule has 0 amide bonds. The van der Waals surface area contributed by atoms with E-state index in [9.17, 15) is 16.8 Å². The standard InChI is InChI=1S/C26H33NO6S2/c1-20-8-12-22(13-9-20)34(28,29)27(24(19-26(3,4)5)25-7-6-17-32-25)16-18-33-35(30,31)23-14-10-21(2)11-15-23/h6-15,17,24H,16,18-19H2,1-5H3/t24-/m1/s1. The Morgan fingerprint density at radius 2 is 1.40 bits per heavy atom. The van der Waals surface area contributed by atoms with Crippen LogP contribution in [0.5, 0.6) is 0 Å². The lowest BCUT2D eigenvalue weighted by Crippen LogP contribution is -2.39. The molecule has 2 aromatic carbocycles. The highest BCUT2D eigenvalue weighted by Gasteiger charge is 2.36. The topological polar surface area (TPSA) is 93.9 Å². The zero-order valence-corrected chi connectivity index (χ0v) is 22.4. The van der Waals surface area contributed by atoms with Gasteiger partial charge >= 0.3 is 0 Å². The van der Waals surface area contributed by atoms with Crippen molar-refractivity contribution in [1.29, 1.82) is 0 Å². The zero-order chi connectivity index (χ0) is 25.9. The Bertz CT molecular complexity index is 1310. The second kappa shape index (κ2) is 10.7. The van der Waals surface area contributed by atoms with E-state index in [1.165, 1.54) is 22.7 Å². The van der Waals surface area contributed by atoms with Crippen molar-refractivity contribution in [3.05, 3.63) is 83.8 Å². The number of hydrogen-bond acceptors (Lipinski definition) is 6. The quantitative estimate of drug-likeness (QED) is 0.330. The average molecular weight is 520 g/mol. The van der Waals surface area contributed by atoms with Gasteiger partial charge in [-0.2, -0.15) is 12.7 Å². The molecule has 0 N–H and O–H groups in total. The number of benzene rings is 2. The molecule has 1 atom stereocenters. The number of rotatable bonds is 10. The third-order valence-corrected chi connectivity index (χ3v) is 8.76. The SMILES string of the molecule is Cc1ccc(S(=O)(=O)OCCN([C@H](CC(C)(C)C)c2ccco2)S(=O)(=O)c2ccc(C)cc2)cc1. The van der Waals surface area contributed by atoms with Gasteiger partial charge in [0.15, 0.2) is 0 Å². The molecule has 0 radical (unpaired) electrons. The molecule has 190 valence electrons. The van der Waals surface area contributed by atoms with E-state index < -0.39 is 26.2 Å². The minimum atomic E-state index is -4.05. The fourth-order valence-corrected chi connectivity index (χ4v) is 6.18. The van der Waals surface area contributed by atoms with E-state index in [2.05, 4.69) is 0 Å². The number of furan rings is 1. The van der Waals surface area contributed by atoms with Crippen LogP contribution in [-0.2, 0) is 24.3 Å². The molecule has 1 heterocycles. The number of aryl methyl sites for hydroxylation is 2. The van der Waals surface area contributed by atoms with Gasteiger partial charge in [0, 0.05) is 6.54 Å². The highest BCUT2D eigenvalue weighted by atomic mass is 32.2. The van der Waals surface area contributed by atoms with E-state index in [1.807, 2.05) is 34.6 Å². The molecule has 0 spiro atoms. The Morgan fingerprint density at radius 3 is 1.89 bits per heavy atom. The molecule has 0 aliphatic heterocycles. The first-order valence-electron chi connectivity index (χ1n) is 11.4. The first kappa shape index (κ1) is 27.1. The Kier molecular flexibility index (Phi) is 8.26. The van der Waals surface area contributed by atoms with Gasteiger partial charge in [0.2, 0.25) is 10.0 Å². The van der Waals surface area contributed by atoms with E-state index >= 15 is 0 Å². The predicted octanol–water partition coefficient (Wildman–Crippen LogP) is 5.47. The molecule has 0 aliphatic rings. The molecule has 0 fully saturated rings. The molecule has 3 rings (SSSR count). The summed E-state index contributed by atoms with van der Waals surface area (Å²) in [7, 11) is -8.05. The summed E-state index contributed by atoms with van der Waals surface area (Å²) < 4.78 is 65.2. The van der Waals surface area contributed by atoms with Gasteiger partial charge in [-0.1, -0.05) is 56.2 Å². The third kappa shape index (κ3) is 7.04. The maximum atomic E-state index is 13.8. The molecule has 0 bridgehead atoms. The summed E-state index contributed by atoms with van der Waals surface area (Å²) in [5.41, 5.74) is 1.61. The molecule has 1 aromatic heterocycles. The van der Waals surface area contributed by atoms with Crippen LogP contribution in [0.3, 0.4) is 0 Å². The van der Waals surface area contributed by atoms with Crippen molar-refractivity contribution in [1.82, 2.24) is 4.31 Å². The molecule has 0 unspecified atom stereocenters. The summed E-state index contributed by atoms with van der Waals surface area (Å²) in [6, 6.07) is 15.7. The van der Waals surface area contributed by atoms with Gasteiger partial charge in [0.1, 0.15) is 5.76 Å². The fourth-order valence-electron chi connectivity index (χ4n) is 3.70. The molecule has 9 heteroatoms. The molecule has 0 saturated heterocycles. The normalized spacial score (nSPS) is 13.8. The van der Waals surface area contributed by atoms with Gasteiger partial charge in [0.05, 0.1) is 28.7 Å². The van der Waals surface area contributed by atoms with Gasteiger partial charge in [0.25, 0.3) is 10.1 Å². The smallest absolute Gasteiger partial charge is 0.297 e. The largest absolute Gasteiger partial charge is 0.468 e. The van der Waals surface area contributed by atoms with Crippen molar-refractivity contribution in [2.24, 2.45) is 5.41 Å². The van der Waals surface area contributed by atoms with Crippen LogP contribution in [0, 0.1) is 19.3 Å². The van der Waals surface area contributed by atoms with E-state index in [4.69, 9.17) is 8.60 Å². The van der Waals surface area contributed by atoms with Gasteiger partial charge < -0.3 is 4.42 Å². The highest BCUT2D eigenvalue weighted by molar-refractivity contribution is 7.89. The first-order valence-corrected chi connectivity index (χ1v) is 14.2. The maximum absolute atomic E-state index is 13.8. The summed E-state index contributed by atoms with van der Waals surface area (Å²) in [6.45, 7) is 9.25. The number of hydrogen-bond donors (Lipinski definition) is 0. The lowest BCUT2D eigenvalue weighted by molar-refractivity contribution is 0.183. The third-order valence-electron chi connectivity index (χ3n) is 5.51. The Morgan fingerprint density at radius 1 is 0.857 bits per heavy atom. The summed E-state index contributed by atoms with van der Waals surface area (Å²) in [4.78, 5) is 0.142. The van der Waals surface area contributed by atoms with Crippen LogP contribution in [0.15, 0.2) is 81.1 Å². The monoisotopic (exact) mass is 519 g/mol. The zero-order valence-electron chi connectivity index (χ0n) is 20.8. The summed E-state index contributed by atoms with van der Waals surface area (Å²) in [5.74, 6) is 0.483. The van der Waals surface area contributed by atoms with Gasteiger partial charge in [-0.15, -0.1) is 0 Å². The summed E-state index contributed by atoms with van der Waals surface area (Å²) in [6.07, 6.45) is 1.95. The average Bonchev–Trinajstić information content (AvgIpc) is 3.30. The Hall–Kier alpha value is -2.46. The van der Waals surface area contributed by atoms with Crippen molar-refractivity contribution < 1.29 is 25.4 Å². The van der Waals surface area contributed by atoms with Crippen LogP contribution in [0.2, 0.25) is 0 Å². The molecule has 35 heavy (non-hydrogen) atoms. The molecule has 7 nitrogen and oxygen atoms in total. The van der Waals surface area contributed by atoms with Crippen LogP contribution in [0.1, 0.15) is 50.1 Å². The van der Waals surface area contributed by atoms with Gasteiger partial charge in [-0.05, 0) is 62.1 Å². The van der Waals surface area contributed by atoms with Crippen molar-refractivity contribution in [2.75, 3.05) is 13.2 Å². The van der Waals surface area contributed by atoms with Crippen LogP contribution in [-0.4, -0.2) is 34.3 Å². The molecule has 0 aliphatic carbocycles. The van der Waals surface area contributed by atoms with Gasteiger partial charge in [-0.3, -0.25) is 4.18 Å². The second-order valence-corrected chi connectivity index (χ2v) is 13.3. The Labute approximate surface area is 208 Å². The van der Waals surface area contributed by atoms with E-state index in [-0.39, 0.29) is 28.4 Å². The van der Waals surface area contributed by atoms with Crippen molar-refractivity contribution in [2.45, 2.75) is 56.9 Å². The van der Waals surface area contributed by atoms with Crippen molar-refractivity contribution >= 4 is 20.1 Å². The molecular formula is C26H33NO6S2. The Balaban J connectivity index is 1.95. The number of nitrogens with zero attached hydrogens (tertiary/aromatic N) is 1. The molecular weight excluding hydrogens is 486 g/mol.